The van der Waals surface area contributed by atoms with E-state index in [1.54, 1.807) is 0 Å². The predicted molar refractivity (Wildman–Crippen MR) is 71.9 cm³/mol. The monoisotopic (exact) mass is 232 g/mol. The van der Waals surface area contributed by atoms with Gasteiger partial charge in [0.1, 0.15) is 0 Å². The van der Waals surface area contributed by atoms with E-state index in [1.807, 2.05) is 12.4 Å². The summed E-state index contributed by atoms with van der Waals surface area (Å²) < 4.78 is 0. The van der Waals surface area contributed by atoms with Crippen molar-refractivity contribution in [2.75, 3.05) is 0 Å². The molecule has 2 nitrogen and oxygen atoms in total. The molecule has 1 aliphatic rings. The molecule has 1 N–H and O–H groups in total. The van der Waals surface area contributed by atoms with Gasteiger partial charge in [-0.2, -0.15) is 0 Å². The lowest BCUT2D eigenvalue weighted by molar-refractivity contribution is 0.166. The van der Waals surface area contributed by atoms with Crippen LogP contribution >= 0.6 is 0 Å². The molecule has 2 rings (SSSR count). The largest absolute Gasteiger partial charge is 0.309 e. The zero-order valence-electron chi connectivity index (χ0n) is 11.3. The lowest BCUT2D eigenvalue weighted by Crippen LogP contribution is -2.43. The van der Waals surface area contributed by atoms with Gasteiger partial charge in [-0.3, -0.25) is 4.98 Å². The maximum atomic E-state index is 4.21. The van der Waals surface area contributed by atoms with Gasteiger partial charge in [0.25, 0.3) is 0 Å². The van der Waals surface area contributed by atoms with E-state index in [2.05, 4.69) is 37.1 Å². The minimum atomic E-state index is 0.439. The summed E-state index contributed by atoms with van der Waals surface area (Å²) in [7, 11) is 0. The highest BCUT2D eigenvalue weighted by Gasteiger charge is 2.31. The standard InChI is InChI=1S/C15H24N2/c1-12-7-9-16-10-13(12)11-17-14-6-4-5-8-15(14,2)3/h7,9-10,14,17H,4-6,8,11H2,1-3H3. The summed E-state index contributed by atoms with van der Waals surface area (Å²) in [6, 6.07) is 2.74. The van der Waals surface area contributed by atoms with Gasteiger partial charge in [0.2, 0.25) is 0 Å². The first-order valence-electron chi connectivity index (χ1n) is 6.72. The van der Waals surface area contributed by atoms with Gasteiger partial charge in [-0.15, -0.1) is 0 Å². The number of aromatic nitrogens is 1. The van der Waals surface area contributed by atoms with Gasteiger partial charge < -0.3 is 5.32 Å². The summed E-state index contributed by atoms with van der Waals surface area (Å²) in [4.78, 5) is 4.21. The van der Waals surface area contributed by atoms with Gasteiger partial charge in [-0.25, -0.2) is 0 Å². The van der Waals surface area contributed by atoms with Crippen LogP contribution in [-0.4, -0.2) is 11.0 Å². The first-order chi connectivity index (χ1) is 8.09. The van der Waals surface area contributed by atoms with Crippen LogP contribution in [0.15, 0.2) is 18.5 Å². The smallest absolute Gasteiger partial charge is 0.0315 e. The van der Waals surface area contributed by atoms with Crippen LogP contribution in [0.3, 0.4) is 0 Å². The summed E-state index contributed by atoms with van der Waals surface area (Å²) in [5, 5.41) is 3.73. The van der Waals surface area contributed by atoms with E-state index in [4.69, 9.17) is 0 Å². The molecule has 0 aliphatic heterocycles. The van der Waals surface area contributed by atoms with Gasteiger partial charge in [0, 0.05) is 25.0 Å². The second-order valence-electron chi connectivity index (χ2n) is 5.97. The average Bonchev–Trinajstić information content (AvgIpc) is 2.29. The van der Waals surface area contributed by atoms with Crippen LogP contribution in [0.5, 0.6) is 0 Å². The van der Waals surface area contributed by atoms with Gasteiger partial charge in [-0.1, -0.05) is 26.7 Å². The number of nitrogens with one attached hydrogen (secondary N) is 1. The molecule has 0 amide bonds. The summed E-state index contributed by atoms with van der Waals surface area (Å²) in [5.74, 6) is 0. The zero-order chi connectivity index (χ0) is 12.3. The van der Waals surface area contributed by atoms with E-state index in [0.717, 1.165) is 6.54 Å². The van der Waals surface area contributed by atoms with E-state index in [9.17, 15) is 0 Å². The fourth-order valence-corrected chi connectivity index (χ4v) is 2.79. The highest BCUT2D eigenvalue weighted by molar-refractivity contribution is 5.21. The third-order valence-electron chi connectivity index (χ3n) is 4.19. The van der Waals surface area contributed by atoms with E-state index < -0.39 is 0 Å². The Morgan fingerprint density at radius 3 is 2.94 bits per heavy atom. The second-order valence-corrected chi connectivity index (χ2v) is 5.97. The molecule has 0 spiro atoms. The molecule has 17 heavy (non-hydrogen) atoms. The Morgan fingerprint density at radius 1 is 1.41 bits per heavy atom. The van der Waals surface area contributed by atoms with Crippen molar-refractivity contribution in [3.8, 4) is 0 Å². The summed E-state index contributed by atoms with van der Waals surface area (Å²) >= 11 is 0. The minimum Gasteiger partial charge on any atom is -0.309 e. The van der Waals surface area contributed by atoms with Crippen molar-refractivity contribution >= 4 is 0 Å². The summed E-state index contributed by atoms with van der Waals surface area (Å²) in [6.07, 6.45) is 9.26. The fraction of sp³-hybridized carbons (Fsp3) is 0.667. The normalized spacial score (nSPS) is 23.6. The minimum absolute atomic E-state index is 0.439. The highest BCUT2D eigenvalue weighted by atomic mass is 14.9. The van der Waals surface area contributed by atoms with Crippen LogP contribution in [0.25, 0.3) is 0 Å². The van der Waals surface area contributed by atoms with Crippen LogP contribution in [-0.2, 0) is 6.54 Å². The molecule has 0 bridgehead atoms. The molecule has 1 aliphatic carbocycles. The van der Waals surface area contributed by atoms with Gasteiger partial charge in [0.15, 0.2) is 0 Å². The van der Waals surface area contributed by atoms with Crippen molar-refractivity contribution in [1.29, 1.82) is 0 Å². The van der Waals surface area contributed by atoms with E-state index in [-0.39, 0.29) is 0 Å². The molecular formula is C15H24N2. The molecular weight excluding hydrogens is 208 g/mol. The quantitative estimate of drug-likeness (QED) is 0.863. The van der Waals surface area contributed by atoms with Crippen molar-refractivity contribution in [2.24, 2.45) is 5.41 Å². The number of hydrogen-bond acceptors (Lipinski definition) is 2. The Kier molecular flexibility index (Phi) is 3.82. The van der Waals surface area contributed by atoms with Crippen molar-refractivity contribution in [1.82, 2.24) is 10.3 Å². The Hall–Kier alpha value is -0.890. The molecule has 0 saturated heterocycles. The van der Waals surface area contributed by atoms with E-state index in [1.165, 1.54) is 36.8 Å². The van der Waals surface area contributed by atoms with Crippen LogP contribution in [0, 0.1) is 12.3 Å². The molecule has 1 aromatic rings. The molecule has 1 unspecified atom stereocenters. The van der Waals surface area contributed by atoms with E-state index in [0.29, 0.717) is 11.5 Å². The molecule has 0 aromatic carbocycles. The molecule has 0 radical (unpaired) electrons. The Labute approximate surface area is 105 Å². The third-order valence-corrected chi connectivity index (χ3v) is 4.19. The van der Waals surface area contributed by atoms with Crippen molar-refractivity contribution in [2.45, 2.75) is 59.0 Å². The van der Waals surface area contributed by atoms with Crippen molar-refractivity contribution < 1.29 is 0 Å². The number of aryl methyl sites for hydroxylation is 1. The van der Waals surface area contributed by atoms with Crippen molar-refractivity contribution in [3.05, 3.63) is 29.6 Å². The molecule has 1 atom stereocenters. The summed E-state index contributed by atoms with van der Waals surface area (Å²) in [5.41, 5.74) is 3.10. The van der Waals surface area contributed by atoms with Crippen molar-refractivity contribution in [3.63, 3.8) is 0 Å². The maximum absolute atomic E-state index is 4.21. The molecule has 2 heteroatoms. The highest BCUT2D eigenvalue weighted by Crippen LogP contribution is 2.35. The van der Waals surface area contributed by atoms with Crippen LogP contribution in [0.2, 0.25) is 0 Å². The zero-order valence-corrected chi connectivity index (χ0v) is 11.3. The first kappa shape index (κ1) is 12.6. The average molecular weight is 232 g/mol. The molecule has 1 heterocycles. The topological polar surface area (TPSA) is 24.9 Å². The Balaban J connectivity index is 1.96. The first-order valence-corrected chi connectivity index (χ1v) is 6.72. The molecule has 1 saturated carbocycles. The number of pyridine rings is 1. The lowest BCUT2D eigenvalue weighted by atomic mass is 9.73. The Bertz CT molecular complexity index is 371. The van der Waals surface area contributed by atoms with Gasteiger partial charge in [0.05, 0.1) is 0 Å². The van der Waals surface area contributed by atoms with Crippen LogP contribution in [0.1, 0.15) is 50.7 Å². The third kappa shape index (κ3) is 3.06. The van der Waals surface area contributed by atoms with E-state index >= 15 is 0 Å². The predicted octanol–water partition coefficient (Wildman–Crippen LogP) is 3.45. The second kappa shape index (κ2) is 5.18. The van der Waals surface area contributed by atoms with Crippen LogP contribution in [0.4, 0.5) is 0 Å². The van der Waals surface area contributed by atoms with Gasteiger partial charge >= 0.3 is 0 Å². The number of nitrogens with zero attached hydrogens (tertiary/aromatic N) is 1. The SMILES string of the molecule is Cc1ccncc1CNC1CCCCC1(C)C. The molecule has 1 fully saturated rings. The van der Waals surface area contributed by atoms with Crippen LogP contribution < -0.4 is 5.32 Å². The fourth-order valence-electron chi connectivity index (χ4n) is 2.79. The number of rotatable bonds is 3. The number of hydrogen-bond donors (Lipinski definition) is 1. The molecule has 1 aromatic heterocycles. The van der Waals surface area contributed by atoms with Gasteiger partial charge in [-0.05, 0) is 42.4 Å². The molecule has 94 valence electrons. The summed E-state index contributed by atoms with van der Waals surface area (Å²) in [6.45, 7) is 7.89. The lowest BCUT2D eigenvalue weighted by Gasteiger charge is -2.39. The Morgan fingerprint density at radius 2 is 2.24 bits per heavy atom. The maximum Gasteiger partial charge on any atom is 0.0315 e.